The molecule has 0 radical (unpaired) electrons. The number of hydrogen-bond acceptors (Lipinski definition) is 4. The van der Waals surface area contributed by atoms with E-state index in [4.69, 9.17) is 9.57 Å². The Balaban J connectivity index is 1.58. The fourth-order valence-electron chi connectivity index (χ4n) is 4.76. The predicted molar refractivity (Wildman–Crippen MR) is 107 cm³/mol. The van der Waals surface area contributed by atoms with Crippen LogP contribution in [0.4, 0.5) is 0 Å². The summed E-state index contributed by atoms with van der Waals surface area (Å²) < 4.78 is 6.83. The zero-order chi connectivity index (χ0) is 20.1. The van der Waals surface area contributed by atoms with E-state index in [1.54, 1.807) is 6.20 Å². The monoisotopic (exact) mass is 383 g/mol. The van der Waals surface area contributed by atoms with Gasteiger partial charge in [0.15, 0.2) is 5.78 Å². The molecular formula is C23H29NO4. The van der Waals surface area contributed by atoms with E-state index in [2.05, 4.69) is 27.7 Å². The van der Waals surface area contributed by atoms with Crippen LogP contribution in [-0.2, 0) is 9.53 Å². The Bertz CT molecular complexity index is 904. The van der Waals surface area contributed by atoms with Gasteiger partial charge in [-0.25, -0.2) is 4.79 Å². The van der Waals surface area contributed by atoms with Crippen LogP contribution in [0.2, 0.25) is 0 Å². The molecule has 5 heteroatoms. The molecule has 28 heavy (non-hydrogen) atoms. The number of rotatable bonds is 5. The van der Waals surface area contributed by atoms with Crippen LogP contribution in [0.3, 0.4) is 0 Å². The zero-order valence-corrected chi connectivity index (χ0v) is 17.2. The number of carbonyl (C=O) groups excluding carboxylic acids is 2. The second-order valence-corrected chi connectivity index (χ2v) is 9.35. The molecule has 4 rings (SSSR count). The van der Waals surface area contributed by atoms with Crippen LogP contribution in [0.1, 0.15) is 57.3 Å². The van der Waals surface area contributed by atoms with Crippen LogP contribution in [0.5, 0.6) is 0 Å². The van der Waals surface area contributed by atoms with Crippen LogP contribution in [0.25, 0.3) is 10.9 Å². The summed E-state index contributed by atoms with van der Waals surface area (Å²) in [5.41, 5.74) is 1.32. The number of aromatic nitrogens is 1. The minimum Gasteiger partial charge on any atom is -0.381 e. The van der Waals surface area contributed by atoms with Gasteiger partial charge in [0.1, 0.15) is 0 Å². The summed E-state index contributed by atoms with van der Waals surface area (Å²) >= 11 is 0. The Morgan fingerprint density at radius 3 is 2.39 bits per heavy atom. The van der Waals surface area contributed by atoms with Crippen LogP contribution in [0, 0.1) is 22.7 Å². The molecule has 1 saturated carbocycles. The molecule has 5 nitrogen and oxygen atoms in total. The standard InChI is InChI=1S/C23H29NO4/c1-22(2)21(23(22,3)4)20(26)17-14-24(18-8-6-5-7-16(17)18)28-19(25)13-15-9-11-27-12-10-15/h5-8,14-15,21H,9-13H2,1-4H3. The Morgan fingerprint density at radius 1 is 1.11 bits per heavy atom. The molecule has 0 atom stereocenters. The molecule has 2 fully saturated rings. The van der Waals surface area contributed by atoms with Gasteiger partial charge in [-0.2, -0.15) is 4.73 Å². The average molecular weight is 383 g/mol. The number of nitrogens with zero attached hydrogens (tertiary/aromatic N) is 1. The first-order valence-corrected chi connectivity index (χ1v) is 10.2. The number of ketones is 1. The van der Waals surface area contributed by atoms with Crippen LogP contribution < -0.4 is 4.84 Å². The summed E-state index contributed by atoms with van der Waals surface area (Å²) in [5, 5.41) is 0.838. The minimum atomic E-state index is -0.265. The highest BCUT2D eigenvalue weighted by atomic mass is 16.7. The maximum Gasteiger partial charge on any atom is 0.333 e. The third kappa shape index (κ3) is 3.06. The molecule has 1 aromatic carbocycles. The normalized spacial score (nSPS) is 21.6. The lowest BCUT2D eigenvalue weighted by Crippen LogP contribution is -2.25. The van der Waals surface area contributed by atoms with Gasteiger partial charge in [-0.1, -0.05) is 45.9 Å². The molecule has 1 aliphatic carbocycles. The molecule has 2 aliphatic rings. The van der Waals surface area contributed by atoms with Crippen LogP contribution in [0.15, 0.2) is 30.5 Å². The summed E-state index contributed by atoms with van der Waals surface area (Å²) in [4.78, 5) is 31.4. The van der Waals surface area contributed by atoms with Crippen molar-refractivity contribution in [3.63, 3.8) is 0 Å². The number of para-hydroxylation sites is 1. The van der Waals surface area contributed by atoms with E-state index in [-0.39, 0.29) is 28.5 Å². The van der Waals surface area contributed by atoms with E-state index < -0.39 is 0 Å². The molecule has 0 spiro atoms. The first-order chi connectivity index (χ1) is 13.2. The second kappa shape index (κ2) is 6.73. The van der Waals surface area contributed by atoms with Gasteiger partial charge in [0, 0.05) is 30.1 Å². The summed E-state index contributed by atoms with van der Waals surface area (Å²) in [7, 11) is 0. The van der Waals surface area contributed by atoms with Crippen molar-refractivity contribution in [1.82, 2.24) is 4.73 Å². The summed E-state index contributed by atoms with van der Waals surface area (Å²) in [5.74, 6) is 0.138. The van der Waals surface area contributed by atoms with Gasteiger partial charge in [0.25, 0.3) is 0 Å². The van der Waals surface area contributed by atoms with Crippen LogP contribution >= 0.6 is 0 Å². The highest BCUT2D eigenvalue weighted by Crippen LogP contribution is 2.69. The number of ether oxygens (including phenoxy) is 1. The fourth-order valence-corrected chi connectivity index (χ4v) is 4.76. The van der Waals surface area contributed by atoms with Gasteiger partial charge in [0.2, 0.25) is 0 Å². The van der Waals surface area contributed by atoms with Gasteiger partial charge >= 0.3 is 5.97 Å². The molecule has 2 heterocycles. The van der Waals surface area contributed by atoms with Gasteiger partial charge in [-0.3, -0.25) is 4.79 Å². The van der Waals surface area contributed by atoms with Crippen molar-refractivity contribution in [3.8, 4) is 0 Å². The van der Waals surface area contributed by atoms with E-state index >= 15 is 0 Å². The van der Waals surface area contributed by atoms with Gasteiger partial charge in [0.05, 0.1) is 18.1 Å². The van der Waals surface area contributed by atoms with Crippen molar-refractivity contribution in [2.75, 3.05) is 13.2 Å². The maximum atomic E-state index is 13.3. The Morgan fingerprint density at radius 2 is 1.75 bits per heavy atom. The molecule has 0 bridgehead atoms. The highest BCUT2D eigenvalue weighted by molar-refractivity contribution is 6.11. The highest BCUT2D eigenvalue weighted by Gasteiger charge is 2.68. The van der Waals surface area contributed by atoms with E-state index in [9.17, 15) is 9.59 Å². The summed E-state index contributed by atoms with van der Waals surface area (Å²) in [6, 6.07) is 7.62. The minimum absolute atomic E-state index is 0.0304. The molecule has 0 amide bonds. The average Bonchev–Trinajstić information content (AvgIpc) is 2.90. The lowest BCUT2D eigenvalue weighted by molar-refractivity contribution is -0.145. The Labute approximate surface area is 165 Å². The lowest BCUT2D eigenvalue weighted by atomic mass is 9.97. The van der Waals surface area contributed by atoms with Crippen molar-refractivity contribution in [1.29, 1.82) is 0 Å². The smallest absolute Gasteiger partial charge is 0.333 e. The third-order valence-corrected chi connectivity index (χ3v) is 7.22. The first-order valence-electron chi connectivity index (χ1n) is 10.2. The first kappa shape index (κ1) is 19.2. The van der Waals surface area contributed by atoms with Crippen molar-refractivity contribution in [2.24, 2.45) is 22.7 Å². The molecule has 1 saturated heterocycles. The lowest BCUT2D eigenvalue weighted by Gasteiger charge is -2.20. The number of fused-ring (bicyclic) bond motifs is 1. The van der Waals surface area contributed by atoms with E-state index in [1.807, 2.05) is 24.3 Å². The van der Waals surface area contributed by atoms with E-state index in [1.165, 1.54) is 4.73 Å². The van der Waals surface area contributed by atoms with E-state index in [0.717, 1.165) is 23.7 Å². The Kier molecular flexibility index (Phi) is 4.61. The van der Waals surface area contributed by atoms with E-state index in [0.29, 0.717) is 31.1 Å². The van der Waals surface area contributed by atoms with Gasteiger partial charge < -0.3 is 9.57 Å². The maximum absolute atomic E-state index is 13.3. The number of hydrogen-bond donors (Lipinski definition) is 0. The molecule has 150 valence electrons. The zero-order valence-electron chi connectivity index (χ0n) is 17.2. The quantitative estimate of drug-likeness (QED) is 0.723. The summed E-state index contributed by atoms with van der Waals surface area (Å²) in [6.07, 6.45) is 3.84. The topological polar surface area (TPSA) is 57.5 Å². The number of Topliss-reactive ketones (excluding diaryl/α,β-unsaturated/α-hetero) is 1. The van der Waals surface area contributed by atoms with Crippen molar-refractivity contribution in [3.05, 3.63) is 36.0 Å². The van der Waals surface area contributed by atoms with Crippen LogP contribution in [-0.4, -0.2) is 29.7 Å². The van der Waals surface area contributed by atoms with Crippen molar-refractivity contribution >= 4 is 22.7 Å². The van der Waals surface area contributed by atoms with Gasteiger partial charge in [-0.15, -0.1) is 0 Å². The molecule has 1 aromatic heterocycles. The number of benzene rings is 1. The summed E-state index contributed by atoms with van der Waals surface area (Å²) in [6.45, 7) is 9.97. The Hall–Kier alpha value is -2.14. The predicted octanol–water partition coefficient (Wildman–Crippen LogP) is 4.28. The molecule has 2 aromatic rings. The fraction of sp³-hybridized carbons (Fsp3) is 0.565. The third-order valence-electron chi connectivity index (χ3n) is 7.22. The second-order valence-electron chi connectivity index (χ2n) is 9.35. The number of carbonyl (C=O) groups is 2. The molecule has 0 N–H and O–H groups in total. The van der Waals surface area contributed by atoms with Gasteiger partial charge in [-0.05, 0) is 35.7 Å². The molecule has 1 aliphatic heterocycles. The van der Waals surface area contributed by atoms with Crippen molar-refractivity contribution in [2.45, 2.75) is 47.0 Å². The largest absolute Gasteiger partial charge is 0.381 e. The molecular weight excluding hydrogens is 354 g/mol. The molecule has 0 unspecified atom stereocenters. The SMILES string of the molecule is CC1(C)C(C(=O)c2cn(OC(=O)CC3CCOCC3)c3ccccc23)C1(C)C. The van der Waals surface area contributed by atoms with Crippen molar-refractivity contribution < 1.29 is 19.2 Å².